The molecule has 0 saturated carbocycles. The molecule has 0 spiro atoms. The lowest BCUT2D eigenvalue weighted by atomic mass is 10.1. The maximum atomic E-state index is 5.11. The number of anilines is 2. The van der Waals surface area contributed by atoms with Gasteiger partial charge in [0.2, 0.25) is 5.95 Å². The standard InChI is InChI=1S/C22H26N4O/c1-17-8-6-9-18(14-17)16-24-22-25-20(19-10-4-3-5-11-19)15-21(26-22)23-12-7-13-27-2/h3-6,8-11,14-15H,7,12-13,16H2,1-2H3,(H2,23,24,25,26). The second-order valence-corrected chi connectivity index (χ2v) is 6.44. The minimum atomic E-state index is 0.618. The van der Waals surface area contributed by atoms with Gasteiger partial charge in [0.1, 0.15) is 5.82 Å². The van der Waals surface area contributed by atoms with Crippen molar-refractivity contribution < 1.29 is 4.74 Å². The van der Waals surface area contributed by atoms with Crippen LogP contribution in [0.5, 0.6) is 0 Å². The molecule has 0 fully saturated rings. The fourth-order valence-electron chi connectivity index (χ4n) is 2.81. The molecule has 5 nitrogen and oxygen atoms in total. The van der Waals surface area contributed by atoms with Gasteiger partial charge in [-0.15, -0.1) is 0 Å². The van der Waals surface area contributed by atoms with Gasteiger partial charge in [-0.1, -0.05) is 60.2 Å². The maximum absolute atomic E-state index is 5.11. The van der Waals surface area contributed by atoms with Crippen molar-refractivity contribution in [3.8, 4) is 11.3 Å². The summed E-state index contributed by atoms with van der Waals surface area (Å²) in [6.45, 7) is 4.31. The van der Waals surface area contributed by atoms with Crippen LogP contribution in [0.2, 0.25) is 0 Å². The van der Waals surface area contributed by atoms with E-state index in [4.69, 9.17) is 9.72 Å². The Hall–Kier alpha value is -2.92. The van der Waals surface area contributed by atoms with Crippen LogP contribution in [0.15, 0.2) is 60.7 Å². The molecule has 0 bridgehead atoms. The predicted molar refractivity (Wildman–Crippen MR) is 111 cm³/mol. The van der Waals surface area contributed by atoms with E-state index in [0.717, 1.165) is 36.6 Å². The fraction of sp³-hybridized carbons (Fsp3) is 0.273. The average Bonchev–Trinajstić information content (AvgIpc) is 2.70. The minimum Gasteiger partial charge on any atom is -0.385 e. The van der Waals surface area contributed by atoms with Gasteiger partial charge in [0, 0.05) is 38.4 Å². The van der Waals surface area contributed by atoms with Crippen LogP contribution in [-0.4, -0.2) is 30.2 Å². The van der Waals surface area contributed by atoms with Gasteiger partial charge in [0.25, 0.3) is 0 Å². The summed E-state index contributed by atoms with van der Waals surface area (Å²) in [6.07, 6.45) is 0.924. The van der Waals surface area contributed by atoms with Gasteiger partial charge in [-0.25, -0.2) is 4.98 Å². The lowest BCUT2D eigenvalue weighted by molar-refractivity contribution is 0.198. The van der Waals surface area contributed by atoms with E-state index in [-0.39, 0.29) is 0 Å². The maximum Gasteiger partial charge on any atom is 0.225 e. The number of aryl methyl sites for hydroxylation is 1. The highest BCUT2D eigenvalue weighted by Gasteiger charge is 2.07. The van der Waals surface area contributed by atoms with Gasteiger partial charge in [-0.3, -0.25) is 0 Å². The molecule has 2 N–H and O–H groups in total. The van der Waals surface area contributed by atoms with E-state index in [1.54, 1.807) is 7.11 Å². The Labute approximate surface area is 160 Å². The van der Waals surface area contributed by atoms with E-state index < -0.39 is 0 Å². The molecule has 5 heteroatoms. The number of hydrogen-bond acceptors (Lipinski definition) is 5. The number of aromatic nitrogens is 2. The second-order valence-electron chi connectivity index (χ2n) is 6.44. The van der Waals surface area contributed by atoms with Crippen LogP contribution in [0.4, 0.5) is 11.8 Å². The summed E-state index contributed by atoms with van der Waals surface area (Å²) in [5.41, 5.74) is 4.41. The first-order valence-corrected chi connectivity index (χ1v) is 9.21. The highest BCUT2D eigenvalue weighted by Crippen LogP contribution is 2.21. The number of methoxy groups -OCH3 is 1. The summed E-state index contributed by atoms with van der Waals surface area (Å²) < 4.78 is 5.11. The van der Waals surface area contributed by atoms with Crippen molar-refractivity contribution in [1.82, 2.24) is 9.97 Å². The van der Waals surface area contributed by atoms with Crippen LogP contribution >= 0.6 is 0 Å². The van der Waals surface area contributed by atoms with Gasteiger partial charge < -0.3 is 15.4 Å². The Bertz CT molecular complexity index is 852. The van der Waals surface area contributed by atoms with E-state index in [0.29, 0.717) is 12.5 Å². The number of benzene rings is 2. The third-order valence-corrected chi connectivity index (χ3v) is 4.16. The first-order chi connectivity index (χ1) is 13.2. The summed E-state index contributed by atoms with van der Waals surface area (Å²) in [5.74, 6) is 1.43. The van der Waals surface area contributed by atoms with Crippen molar-refractivity contribution in [2.45, 2.75) is 19.9 Å². The van der Waals surface area contributed by atoms with Gasteiger partial charge in [0.05, 0.1) is 5.69 Å². The van der Waals surface area contributed by atoms with Crippen LogP contribution < -0.4 is 10.6 Å². The first-order valence-electron chi connectivity index (χ1n) is 9.21. The van der Waals surface area contributed by atoms with Gasteiger partial charge >= 0.3 is 0 Å². The van der Waals surface area contributed by atoms with E-state index in [1.165, 1.54) is 11.1 Å². The Balaban J connectivity index is 1.78. The molecule has 0 saturated heterocycles. The largest absolute Gasteiger partial charge is 0.385 e. The summed E-state index contributed by atoms with van der Waals surface area (Å²) in [7, 11) is 1.71. The summed E-state index contributed by atoms with van der Waals surface area (Å²) in [6, 6.07) is 20.6. The van der Waals surface area contributed by atoms with Crippen molar-refractivity contribution in [1.29, 1.82) is 0 Å². The fourth-order valence-corrected chi connectivity index (χ4v) is 2.81. The zero-order valence-corrected chi connectivity index (χ0v) is 15.9. The van der Waals surface area contributed by atoms with Crippen LogP contribution in [0.25, 0.3) is 11.3 Å². The summed E-state index contributed by atoms with van der Waals surface area (Å²) in [4.78, 5) is 9.32. The summed E-state index contributed by atoms with van der Waals surface area (Å²) in [5, 5.41) is 6.72. The van der Waals surface area contributed by atoms with Gasteiger partial charge in [0.15, 0.2) is 0 Å². The quantitative estimate of drug-likeness (QED) is 0.548. The van der Waals surface area contributed by atoms with E-state index >= 15 is 0 Å². The van der Waals surface area contributed by atoms with Crippen LogP contribution in [-0.2, 0) is 11.3 Å². The lowest BCUT2D eigenvalue weighted by Crippen LogP contribution is -2.10. The molecule has 2 aromatic carbocycles. The van der Waals surface area contributed by atoms with Gasteiger partial charge in [-0.05, 0) is 18.9 Å². The number of nitrogens with one attached hydrogen (secondary N) is 2. The number of hydrogen-bond donors (Lipinski definition) is 2. The Morgan fingerprint density at radius 3 is 2.56 bits per heavy atom. The van der Waals surface area contributed by atoms with Crippen LogP contribution in [0.1, 0.15) is 17.5 Å². The van der Waals surface area contributed by atoms with Gasteiger partial charge in [-0.2, -0.15) is 4.98 Å². The summed E-state index contributed by atoms with van der Waals surface area (Å²) >= 11 is 0. The monoisotopic (exact) mass is 362 g/mol. The van der Waals surface area contributed by atoms with Crippen molar-refractivity contribution in [2.75, 3.05) is 30.9 Å². The second kappa shape index (κ2) is 9.69. The number of ether oxygens (including phenoxy) is 1. The molecule has 0 unspecified atom stereocenters. The molecular weight excluding hydrogens is 336 g/mol. The normalized spacial score (nSPS) is 10.6. The third kappa shape index (κ3) is 5.79. The van der Waals surface area contributed by atoms with Crippen molar-refractivity contribution in [2.24, 2.45) is 0 Å². The smallest absolute Gasteiger partial charge is 0.225 e. The molecule has 0 atom stereocenters. The molecule has 0 aliphatic carbocycles. The highest BCUT2D eigenvalue weighted by molar-refractivity contribution is 5.64. The molecule has 27 heavy (non-hydrogen) atoms. The molecule has 1 aromatic heterocycles. The molecule has 3 rings (SSSR count). The zero-order chi connectivity index (χ0) is 18.9. The Morgan fingerprint density at radius 2 is 1.78 bits per heavy atom. The molecule has 0 radical (unpaired) electrons. The van der Waals surface area contributed by atoms with E-state index in [1.807, 2.05) is 24.3 Å². The number of nitrogens with zero attached hydrogens (tertiary/aromatic N) is 2. The van der Waals surface area contributed by atoms with E-state index in [9.17, 15) is 0 Å². The van der Waals surface area contributed by atoms with Crippen LogP contribution in [0, 0.1) is 6.92 Å². The van der Waals surface area contributed by atoms with Crippen molar-refractivity contribution in [3.63, 3.8) is 0 Å². The molecule has 140 valence electrons. The minimum absolute atomic E-state index is 0.618. The third-order valence-electron chi connectivity index (χ3n) is 4.16. The Kier molecular flexibility index (Phi) is 6.77. The topological polar surface area (TPSA) is 59.1 Å². The van der Waals surface area contributed by atoms with Crippen molar-refractivity contribution >= 4 is 11.8 Å². The predicted octanol–water partition coefficient (Wildman–Crippen LogP) is 4.51. The van der Waals surface area contributed by atoms with Crippen LogP contribution in [0.3, 0.4) is 0 Å². The molecule has 3 aromatic rings. The molecular formula is C22H26N4O. The molecule has 0 aliphatic rings. The average molecular weight is 362 g/mol. The first kappa shape index (κ1) is 18.9. The highest BCUT2D eigenvalue weighted by atomic mass is 16.5. The Morgan fingerprint density at radius 1 is 0.926 bits per heavy atom. The lowest BCUT2D eigenvalue weighted by Gasteiger charge is -2.12. The molecule has 0 amide bonds. The molecule has 1 heterocycles. The van der Waals surface area contributed by atoms with Crippen molar-refractivity contribution in [3.05, 3.63) is 71.8 Å². The number of rotatable bonds is 9. The molecule has 0 aliphatic heterocycles. The zero-order valence-electron chi connectivity index (χ0n) is 15.9. The SMILES string of the molecule is COCCCNc1cc(-c2ccccc2)nc(NCc2cccc(C)c2)n1. The van der Waals surface area contributed by atoms with E-state index in [2.05, 4.69) is 58.9 Å².